The Bertz CT molecular complexity index is 1370. The van der Waals surface area contributed by atoms with Crippen molar-refractivity contribution in [1.29, 1.82) is 0 Å². The Balaban J connectivity index is 1.93. The number of hydrogen-bond acceptors (Lipinski definition) is 2. The topological polar surface area (TPSA) is 26.3 Å². The van der Waals surface area contributed by atoms with Gasteiger partial charge < -0.3 is 4.74 Å². The summed E-state index contributed by atoms with van der Waals surface area (Å²) < 4.78 is 5.41. The number of carbonyl (C=O) groups excluding carboxylic acids is 1. The Labute approximate surface area is 269 Å². The van der Waals surface area contributed by atoms with Crippen molar-refractivity contribution in [2.75, 3.05) is 7.11 Å². The third-order valence-electron chi connectivity index (χ3n) is 8.83. The van der Waals surface area contributed by atoms with E-state index in [9.17, 15) is 4.79 Å². The summed E-state index contributed by atoms with van der Waals surface area (Å²) in [7, 11) is 1.62. The van der Waals surface area contributed by atoms with Crippen molar-refractivity contribution in [2.45, 2.75) is 95.1 Å². The molecule has 2 aliphatic carbocycles. The fourth-order valence-corrected chi connectivity index (χ4v) is 6.49. The highest BCUT2D eigenvalue weighted by molar-refractivity contribution is 6.00. The zero-order chi connectivity index (χ0) is 33.1. The Morgan fingerprint density at radius 3 is 1.80 bits per heavy atom. The minimum atomic E-state index is -0.342. The molecule has 0 radical (unpaired) electrons. The smallest absolute Gasteiger partial charge is 0.187 e. The molecule has 238 valence electrons. The van der Waals surface area contributed by atoms with Gasteiger partial charge in [0.15, 0.2) is 5.78 Å². The van der Waals surface area contributed by atoms with E-state index in [0.29, 0.717) is 23.7 Å². The molecule has 0 aromatic heterocycles. The number of methoxy groups -OCH3 is 1. The fourth-order valence-electron chi connectivity index (χ4n) is 6.49. The number of allylic oxidation sites excluding steroid dienone is 21. The number of Topliss-reactive ketones (excluding diaryl/α,β-unsaturated/α-hetero) is 1. The van der Waals surface area contributed by atoms with Gasteiger partial charge in [0.05, 0.1) is 0 Å². The predicted molar refractivity (Wildman–Crippen MR) is 192 cm³/mol. The van der Waals surface area contributed by atoms with Crippen LogP contribution < -0.4 is 0 Å². The molecule has 0 heterocycles. The van der Waals surface area contributed by atoms with E-state index < -0.39 is 0 Å². The van der Waals surface area contributed by atoms with Gasteiger partial charge in [-0.1, -0.05) is 154 Å². The quantitative estimate of drug-likeness (QED) is 0.176. The Kier molecular flexibility index (Phi) is 14.1. The molecule has 2 nitrogen and oxygen atoms in total. The summed E-state index contributed by atoms with van der Waals surface area (Å²) in [6.45, 7) is 24.1. The standard InChI is InChI=1S/C42H58O2/c1-30(19-15-21-32(3)23-25-37-35(6)27-34(5)28-41(37,8)9)17-13-14-18-31(2)20-16-22-33(4)24-26-38-36(7)40(43)39(44-12)29-42(38,10)11/h13-27,34,37,39H,28-29H2,1-12H3/b14-13+,19-15+,20-16+,25-23+,26-24+,30-17+,31-18+,32-21+,33-22+/t34-,37+,39+/m1/s1. The van der Waals surface area contributed by atoms with Gasteiger partial charge in [-0.05, 0) is 82.3 Å². The molecular formula is C42H58O2. The van der Waals surface area contributed by atoms with E-state index in [1.54, 1.807) is 7.11 Å². The van der Waals surface area contributed by atoms with Crippen molar-refractivity contribution in [1.82, 2.24) is 0 Å². The number of ether oxygens (including phenoxy) is 1. The van der Waals surface area contributed by atoms with Crippen LogP contribution in [0.25, 0.3) is 0 Å². The van der Waals surface area contributed by atoms with Gasteiger partial charge in [-0.2, -0.15) is 0 Å². The van der Waals surface area contributed by atoms with Gasteiger partial charge in [0.2, 0.25) is 0 Å². The zero-order valence-corrected chi connectivity index (χ0v) is 29.6. The predicted octanol–water partition coefficient (Wildman–Crippen LogP) is 11.5. The molecule has 0 aromatic carbocycles. The SMILES string of the molecule is CO[C@H]1CC(C)(C)C(/C=C/C(C)=C/C=C/C(C)=C/C=C/C=C(C)/C=C/C=C(C)/C=C/[C@H]2C(C)=C[C@@H](C)CC2(C)C)=C(C)C1=O. The van der Waals surface area contributed by atoms with E-state index in [4.69, 9.17) is 4.74 Å². The van der Waals surface area contributed by atoms with Crippen LogP contribution in [0, 0.1) is 22.7 Å². The Hall–Kier alpha value is -3.23. The molecule has 0 saturated heterocycles. The van der Waals surface area contributed by atoms with Crippen LogP contribution in [0.15, 0.2) is 130 Å². The summed E-state index contributed by atoms with van der Waals surface area (Å²) in [5.41, 5.74) is 8.35. The molecule has 0 fully saturated rings. The Morgan fingerprint density at radius 1 is 0.773 bits per heavy atom. The lowest BCUT2D eigenvalue weighted by molar-refractivity contribution is -0.127. The molecule has 0 unspecified atom stereocenters. The minimum Gasteiger partial charge on any atom is -0.373 e. The number of rotatable bonds is 11. The first kappa shape index (κ1) is 37.0. The second-order valence-corrected chi connectivity index (χ2v) is 14.2. The summed E-state index contributed by atoms with van der Waals surface area (Å²) in [4.78, 5) is 12.6. The number of hydrogen-bond donors (Lipinski definition) is 0. The van der Waals surface area contributed by atoms with Crippen LogP contribution in [-0.4, -0.2) is 19.0 Å². The van der Waals surface area contributed by atoms with Crippen molar-refractivity contribution in [3.63, 3.8) is 0 Å². The highest BCUT2D eigenvalue weighted by atomic mass is 16.5. The van der Waals surface area contributed by atoms with Crippen molar-refractivity contribution in [3.8, 4) is 0 Å². The lowest BCUT2D eigenvalue weighted by atomic mass is 9.66. The summed E-state index contributed by atoms with van der Waals surface area (Å²) in [5, 5.41) is 0. The molecule has 2 heteroatoms. The first-order chi connectivity index (χ1) is 20.6. The van der Waals surface area contributed by atoms with Crippen LogP contribution in [0.1, 0.15) is 89.0 Å². The van der Waals surface area contributed by atoms with Gasteiger partial charge in [-0.25, -0.2) is 0 Å². The van der Waals surface area contributed by atoms with Crippen LogP contribution in [0.2, 0.25) is 0 Å². The maximum Gasteiger partial charge on any atom is 0.187 e. The van der Waals surface area contributed by atoms with E-state index >= 15 is 0 Å². The highest BCUT2D eigenvalue weighted by Gasteiger charge is 2.37. The highest BCUT2D eigenvalue weighted by Crippen LogP contribution is 2.44. The normalized spacial score (nSPS) is 26.0. The first-order valence-corrected chi connectivity index (χ1v) is 16.1. The maximum absolute atomic E-state index is 12.6. The fraction of sp³-hybridized carbons (Fsp3) is 0.452. The van der Waals surface area contributed by atoms with Crippen molar-refractivity contribution < 1.29 is 9.53 Å². The van der Waals surface area contributed by atoms with E-state index in [1.807, 2.05) is 6.92 Å². The van der Waals surface area contributed by atoms with E-state index in [0.717, 1.165) is 16.7 Å². The lowest BCUT2D eigenvalue weighted by Crippen LogP contribution is -2.37. The molecule has 0 aliphatic heterocycles. The van der Waals surface area contributed by atoms with Crippen LogP contribution >= 0.6 is 0 Å². The van der Waals surface area contributed by atoms with Crippen molar-refractivity contribution >= 4 is 5.78 Å². The Morgan fingerprint density at radius 2 is 1.27 bits per heavy atom. The third-order valence-corrected chi connectivity index (χ3v) is 8.83. The van der Waals surface area contributed by atoms with E-state index in [2.05, 4.69) is 160 Å². The average Bonchev–Trinajstić information content (AvgIpc) is 2.91. The minimum absolute atomic E-state index is 0.0967. The molecule has 2 aliphatic rings. The summed E-state index contributed by atoms with van der Waals surface area (Å²) in [6, 6.07) is 0. The molecule has 0 spiro atoms. The van der Waals surface area contributed by atoms with Gasteiger partial charge in [0.1, 0.15) is 6.10 Å². The molecule has 0 aromatic rings. The van der Waals surface area contributed by atoms with Gasteiger partial charge in [0.25, 0.3) is 0 Å². The van der Waals surface area contributed by atoms with E-state index in [-0.39, 0.29) is 17.3 Å². The summed E-state index contributed by atoms with van der Waals surface area (Å²) in [5.74, 6) is 1.26. The first-order valence-electron chi connectivity index (χ1n) is 16.1. The van der Waals surface area contributed by atoms with Crippen LogP contribution in [0.3, 0.4) is 0 Å². The number of carbonyl (C=O) groups is 1. The van der Waals surface area contributed by atoms with E-state index in [1.165, 1.54) is 28.7 Å². The van der Waals surface area contributed by atoms with Crippen LogP contribution in [0.4, 0.5) is 0 Å². The second kappa shape index (κ2) is 16.7. The maximum atomic E-state index is 12.6. The molecule has 2 rings (SSSR count). The number of ketones is 1. The molecule has 0 bridgehead atoms. The second-order valence-electron chi connectivity index (χ2n) is 14.2. The van der Waals surface area contributed by atoms with Gasteiger partial charge >= 0.3 is 0 Å². The summed E-state index contributed by atoms with van der Waals surface area (Å²) in [6.07, 6.45) is 34.0. The molecule has 0 amide bonds. The van der Waals surface area contributed by atoms with Crippen LogP contribution in [0.5, 0.6) is 0 Å². The molecule has 3 atom stereocenters. The van der Waals surface area contributed by atoms with Crippen LogP contribution in [-0.2, 0) is 9.53 Å². The average molecular weight is 595 g/mol. The molecular weight excluding hydrogens is 536 g/mol. The largest absolute Gasteiger partial charge is 0.373 e. The third kappa shape index (κ3) is 11.4. The van der Waals surface area contributed by atoms with Gasteiger partial charge in [-0.15, -0.1) is 0 Å². The summed E-state index contributed by atoms with van der Waals surface area (Å²) >= 11 is 0. The van der Waals surface area contributed by atoms with Crippen molar-refractivity contribution in [2.24, 2.45) is 22.7 Å². The molecule has 0 saturated carbocycles. The lowest BCUT2D eigenvalue weighted by Gasteiger charge is -2.39. The zero-order valence-electron chi connectivity index (χ0n) is 29.6. The molecule has 0 N–H and O–H groups in total. The van der Waals surface area contributed by atoms with Crippen molar-refractivity contribution in [3.05, 3.63) is 130 Å². The molecule has 44 heavy (non-hydrogen) atoms. The van der Waals surface area contributed by atoms with Gasteiger partial charge in [0, 0.05) is 13.0 Å². The van der Waals surface area contributed by atoms with Gasteiger partial charge in [-0.3, -0.25) is 4.79 Å². The monoisotopic (exact) mass is 594 g/mol.